The molecule has 0 unspecified atom stereocenters. The van der Waals surface area contributed by atoms with Gasteiger partial charge in [-0.15, -0.1) is 0 Å². The number of fused-ring (bicyclic) bond motifs is 1. The zero-order valence-electron chi connectivity index (χ0n) is 15.3. The number of carbonyl (C=O) groups excluding carboxylic acids is 2. The van der Waals surface area contributed by atoms with Crippen molar-refractivity contribution in [3.63, 3.8) is 0 Å². The highest BCUT2D eigenvalue weighted by Gasteiger charge is 2.29. The lowest BCUT2D eigenvalue weighted by Crippen LogP contribution is -2.41. The summed E-state index contributed by atoms with van der Waals surface area (Å²) in [7, 11) is 0. The zero-order chi connectivity index (χ0) is 20.4. The molecule has 150 valence electrons. The standard InChI is InChI=1S/C19H18N4O6/c24-17(22-12-1-2-15-16(7-12)29-10-28-15)11-3-5-23(6-4-11)18(25)13-8-21-14(9-20-13)19(26)27/h1-2,7-9,11H,3-6,10H2,(H,22,24)(H,26,27). The van der Waals surface area contributed by atoms with Crippen LogP contribution in [0.4, 0.5) is 5.69 Å². The topological polar surface area (TPSA) is 131 Å². The van der Waals surface area contributed by atoms with Crippen LogP contribution in [0, 0.1) is 5.92 Å². The Labute approximate surface area is 165 Å². The highest BCUT2D eigenvalue weighted by atomic mass is 16.7. The van der Waals surface area contributed by atoms with Crippen LogP contribution in [0.1, 0.15) is 33.8 Å². The fourth-order valence-corrected chi connectivity index (χ4v) is 3.27. The molecule has 0 saturated carbocycles. The highest BCUT2D eigenvalue weighted by molar-refractivity contribution is 5.94. The summed E-state index contributed by atoms with van der Waals surface area (Å²) in [6.45, 7) is 0.976. The number of aromatic nitrogens is 2. The number of ether oxygens (including phenoxy) is 2. The lowest BCUT2D eigenvalue weighted by atomic mass is 9.95. The Balaban J connectivity index is 1.32. The van der Waals surface area contributed by atoms with E-state index in [1.165, 1.54) is 0 Å². The minimum absolute atomic E-state index is 0.0817. The molecule has 2 aromatic rings. The maximum absolute atomic E-state index is 12.6. The van der Waals surface area contributed by atoms with Crippen LogP contribution < -0.4 is 14.8 Å². The van der Waals surface area contributed by atoms with Crippen LogP contribution in [0.3, 0.4) is 0 Å². The van der Waals surface area contributed by atoms with E-state index in [1.807, 2.05) is 0 Å². The van der Waals surface area contributed by atoms with Gasteiger partial charge in [0.1, 0.15) is 5.69 Å². The Hall–Kier alpha value is -3.69. The minimum atomic E-state index is -1.20. The summed E-state index contributed by atoms with van der Waals surface area (Å²) < 4.78 is 10.6. The van der Waals surface area contributed by atoms with Gasteiger partial charge in [0.05, 0.1) is 12.4 Å². The number of aromatic carboxylic acids is 1. The molecule has 0 atom stereocenters. The van der Waals surface area contributed by atoms with Gasteiger partial charge in [0.25, 0.3) is 5.91 Å². The van der Waals surface area contributed by atoms with E-state index < -0.39 is 5.97 Å². The molecule has 29 heavy (non-hydrogen) atoms. The third-order valence-electron chi connectivity index (χ3n) is 4.88. The van der Waals surface area contributed by atoms with E-state index in [9.17, 15) is 14.4 Å². The number of hydrogen-bond donors (Lipinski definition) is 2. The van der Waals surface area contributed by atoms with Crippen LogP contribution in [0.15, 0.2) is 30.6 Å². The van der Waals surface area contributed by atoms with Crippen molar-refractivity contribution in [2.45, 2.75) is 12.8 Å². The maximum Gasteiger partial charge on any atom is 0.356 e. The van der Waals surface area contributed by atoms with Gasteiger partial charge >= 0.3 is 5.97 Å². The van der Waals surface area contributed by atoms with Gasteiger partial charge in [0.2, 0.25) is 12.7 Å². The number of benzene rings is 1. The van der Waals surface area contributed by atoms with Crippen LogP contribution in [-0.2, 0) is 4.79 Å². The second kappa shape index (κ2) is 7.74. The lowest BCUT2D eigenvalue weighted by molar-refractivity contribution is -0.121. The van der Waals surface area contributed by atoms with E-state index in [0.29, 0.717) is 43.1 Å². The predicted octanol–water partition coefficient (Wildman–Crippen LogP) is 1.39. The monoisotopic (exact) mass is 398 g/mol. The molecule has 0 spiro atoms. The predicted molar refractivity (Wildman–Crippen MR) is 98.8 cm³/mol. The smallest absolute Gasteiger partial charge is 0.356 e. The van der Waals surface area contributed by atoms with E-state index in [2.05, 4.69) is 15.3 Å². The first-order valence-electron chi connectivity index (χ1n) is 9.06. The fourth-order valence-electron chi connectivity index (χ4n) is 3.27. The molecule has 0 bridgehead atoms. The third-order valence-corrected chi connectivity index (χ3v) is 4.88. The Kier molecular flexibility index (Phi) is 4.98. The normalized spacial score (nSPS) is 15.8. The first-order valence-corrected chi connectivity index (χ1v) is 9.06. The molecule has 1 aromatic heterocycles. The van der Waals surface area contributed by atoms with Crippen LogP contribution in [0.2, 0.25) is 0 Å². The van der Waals surface area contributed by atoms with Crippen molar-refractivity contribution in [1.82, 2.24) is 14.9 Å². The van der Waals surface area contributed by atoms with Gasteiger partial charge < -0.3 is 24.8 Å². The Morgan fingerprint density at radius 2 is 1.72 bits per heavy atom. The van der Waals surface area contributed by atoms with Crippen molar-refractivity contribution in [1.29, 1.82) is 0 Å². The molecule has 1 saturated heterocycles. The van der Waals surface area contributed by atoms with Crippen LogP contribution in [0.25, 0.3) is 0 Å². The van der Waals surface area contributed by atoms with E-state index in [-0.39, 0.29) is 35.9 Å². The largest absolute Gasteiger partial charge is 0.476 e. The third kappa shape index (κ3) is 3.96. The summed E-state index contributed by atoms with van der Waals surface area (Å²) in [5.41, 5.74) is 0.491. The highest BCUT2D eigenvalue weighted by Crippen LogP contribution is 2.34. The fraction of sp³-hybridized carbons (Fsp3) is 0.316. The van der Waals surface area contributed by atoms with Gasteiger partial charge in [-0.1, -0.05) is 0 Å². The van der Waals surface area contributed by atoms with Gasteiger partial charge in [-0.3, -0.25) is 9.59 Å². The first-order chi connectivity index (χ1) is 14.0. The number of likely N-dealkylation sites (tertiary alicyclic amines) is 1. The average molecular weight is 398 g/mol. The van der Waals surface area contributed by atoms with Gasteiger partial charge in [-0.2, -0.15) is 0 Å². The van der Waals surface area contributed by atoms with Crippen molar-refractivity contribution in [3.8, 4) is 11.5 Å². The number of amides is 2. The molecule has 2 aliphatic rings. The molecular weight excluding hydrogens is 380 g/mol. The maximum atomic E-state index is 12.6. The van der Waals surface area contributed by atoms with E-state index in [1.54, 1.807) is 23.1 Å². The summed E-state index contributed by atoms with van der Waals surface area (Å²) in [5.74, 6) is -0.617. The molecular formula is C19H18N4O6. The number of carboxylic acid groups (broad SMARTS) is 1. The molecule has 2 amide bonds. The number of nitrogens with zero attached hydrogens (tertiary/aromatic N) is 3. The molecule has 2 N–H and O–H groups in total. The number of rotatable bonds is 4. The van der Waals surface area contributed by atoms with E-state index in [4.69, 9.17) is 14.6 Å². The SMILES string of the molecule is O=C(O)c1cnc(C(=O)N2CCC(C(=O)Nc3ccc4c(c3)OCO4)CC2)cn1. The summed E-state index contributed by atoms with van der Waals surface area (Å²) >= 11 is 0. The van der Waals surface area contributed by atoms with Gasteiger partial charge in [-0.25, -0.2) is 14.8 Å². The average Bonchev–Trinajstić information content (AvgIpc) is 3.21. The molecule has 1 aromatic carbocycles. The number of carbonyl (C=O) groups is 3. The molecule has 4 rings (SSSR count). The zero-order valence-corrected chi connectivity index (χ0v) is 15.3. The van der Waals surface area contributed by atoms with Crippen LogP contribution >= 0.6 is 0 Å². The summed E-state index contributed by atoms with van der Waals surface area (Å²) in [6, 6.07) is 5.22. The number of hydrogen-bond acceptors (Lipinski definition) is 7. The van der Waals surface area contributed by atoms with Crippen molar-refractivity contribution < 1.29 is 29.0 Å². The van der Waals surface area contributed by atoms with Crippen LogP contribution in [0.5, 0.6) is 11.5 Å². The second-order valence-corrected chi connectivity index (χ2v) is 6.72. The van der Waals surface area contributed by atoms with Crippen molar-refractivity contribution >= 4 is 23.5 Å². The van der Waals surface area contributed by atoms with E-state index in [0.717, 1.165) is 12.4 Å². The molecule has 2 aliphatic heterocycles. The number of nitrogens with one attached hydrogen (secondary N) is 1. The molecule has 1 fully saturated rings. The molecule has 0 radical (unpaired) electrons. The lowest BCUT2D eigenvalue weighted by Gasteiger charge is -2.31. The number of anilines is 1. The van der Waals surface area contributed by atoms with E-state index >= 15 is 0 Å². The van der Waals surface area contributed by atoms with Crippen molar-refractivity contribution in [2.75, 3.05) is 25.2 Å². The van der Waals surface area contributed by atoms with Crippen molar-refractivity contribution in [2.24, 2.45) is 5.92 Å². The van der Waals surface area contributed by atoms with Gasteiger partial charge in [0.15, 0.2) is 17.2 Å². The number of carboxylic acids is 1. The molecule has 0 aliphatic carbocycles. The summed E-state index contributed by atoms with van der Waals surface area (Å²) in [6.07, 6.45) is 3.25. The summed E-state index contributed by atoms with van der Waals surface area (Å²) in [4.78, 5) is 45.1. The quantitative estimate of drug-likeness (QED) is 0.790. The Bertz CT molecular complexity index is 954. The van der Waals surface area contributed by atoms with Crippen LogP contribution in [-0.4, -0.2) is 57.6 Å². The van der Waals surface area contributed by atoms with Gasteiger partial charge in [0, 0.05) is 30.8 Å². The van der Waals surface area contributed by atoms with Crippen molar-refractivity contribution in [3.05, 3.63) is 42.0 Å². The molecule has 3 heterocycles. The van der Waals surface area contributed by atoms with Gasteiger partial charge in [-0.05, 0) is 25.0 Å². The second-order valence-electron chi connectivity index (χ2n) is 6.72. The molecule has 10 nitrogen and oxygen atoms in total. The Morgan fingerprint density at radius 3 is 2.41 bits per heavy atom. The minimum Gasteiger partial charge on any atom is -0.476 e. The molecule has 10 heteroatoms. The Morgan fingerprint density at radius 1 is 1.03 bits per heavy atom. The summed E-state index contributed by atoms with van der Waals surface area (Å²) in [5, 5.41) is 11.7. The first kappa shape index (κ1) is 18.7. The number of piperidine rings is 1.